The first kappa shape index (κ1) is 5.21. The molecule has 1 atom stereocenters. The van der Waals surface area contributed by atoms with Gasteiger partial charge in [-0.2, -0.15) is 5.11 Å². The van der Waals surface area contributed by atoms with Crippen LogP contribution in [0.15, 0.2) is 10.3 Å². The van der Waals surface area contributed by atoms with Crippen molar-refractivity contribution >= 4 is 6.41 Å². The Hall–Kier alpha value is -0.930. The van der Waals surface area contributed by atoms with Crippen molar-refractivity contribution in [3.05, 3.63) is 0 Å². The Kier molecular flexibility index (Phi) is 1.24. The van der Waals surface area contributed by atoms with Gasteiger partial charge in [-0.25, -0.2) is 5.01 Å². The van der Waals surface area contributed by atoms with Gasteiger partial charge in [-0.3, -0.25) is 4.79 Å². The number of nitrogens with zero attached hydrogens (tertiary/aromatic N) is 3. The Morgan fingerprint density at radius 3 is 2.88 bits per heavy atom. The summed E-state index contributed by atoms with van der Waals surface area (Å²) in [6, 6.07) is 0.160. The van der Waals surface area contributed by atoms with E-state index in [2.05, 4.69) is 10.3 Å². The van der Waals surface area contributed by atoms with E-state index in [-0.39, 0.29) is 6.04 Å². The molecule has 0 saturated carbocycles. The van der Waals surface area contributed by atoms with E-state index in [4.69, 9.17) is 0 Å². The molecular weight excluding hydrogens is 106 g/mol. The molecule has 0 saturated heterocycles. The van der Waals surface area contributed by atoms with Gasteiger partial charge in [0.2, 0.25) is 6.41 Å². The summed E-state index contributed by atoms with van der Waals surface area (Å²) in [6.45, 7) is 2.53. The molecule has 0 aromatic carbocycles. The van der Waals surface area contributed by atoms with E-state index in [1.165, 1.54) is 5.01 Å². The lowest BCUT2D eigenvalue weighted by Crippen LogP contribution is -2.23. The lowest BCUT2D eigenvalue weighted by Gasteiger charge is -2.06. The zero-order chi connectivity index (χ0) is 5.98. The van der Waals surface area contributed by atoms with Gasteiger partial charge in [0.15, 0.2) is 0 Å². The van der Waals surface area contributed by atoms with E-state index in [9.17, 15) is 4.79 Å². The second-order valence-electron chi connectivity index (χ2n) is 1.75. The first-order valence-corrected chi connectivity index (χ1v) is 2.45. The first-order chi connectivity index (χ1) is 3.84. The highest BCUT2D eigenvalue weighted by Crippen LogP contribution is 2.04. The van der Waals surface area contributed by atoms with E-state index in [0.717, 1.165) is 0 Å². The lowest BCUT2D eigenvalue weighted by molar-refractivity contribution is -0.119. The average Bonchev–Trinajstić information content (AvgIpc) is 2.14. The highest BCUT2D eigenvalue weighted by Gasteiger charge is 2.14. The van der Waals surface area contributed by atoms with Crippen LogP contribution in [0.4, 0.5) is 0 Å². The summed E-state index contributed by atoms with van der Waals surface area (Å²) in [5.74, 6) is 0. The van der Waals surface area contributed by atoms with Crippen molar-refractivity contribution in [1.82, 2.24) is 5.01 Å². The van der Waals surface area contributed by atoms with Gasteiger partial charge in [-0.05, 0) is 6.92 Å². The normalized spacial score (nSPS) is 26.6. The van der Waals surface area contributed by atoms with Crippen molar-refractivity contribution in [2.24, 2.45) is 10.3 Å². The Labute approximate surface area is 47.2 Å². The number of amides is 1. The highest BCUT2D eigenvalue weighted by molar-refractivity contribution is 5.47. The lowest BCUT2D eigenvalue weighted by atomic mass is 10.3. The Bertz CT molecular complexity index is 122. The smallest absolute Gasteiger partial charge is 0.231 e. The van der Waals surface area contributed by atoms with Gasteiger partial charge < -0.3 is 0 Å². The third-order valence-electron chi connectivity index (χ3n) is 1.07. The Morgan fingerprint density at radius 1 is 1.88 bits per heavy atom. The molecule has 4 nitrogen and oxygen atoms in total. The molecule has 44 valence electrons. The Morgan fingerprint density at radius 2 is 2.62 bits per heavy atom. The maximum absolute atomic E-state index is 9.99. The maximum Gasteiger partial charge on any atom is 0.231 e. The third kappa shape index (κ3) is 0.685. The van der Waals surface area contributed by atoms with Gasteiger partial charge >= 0.3 is 0 Å². The number of carbonyl (C=O) groups is 1. The van der Waals surface area contributed by atoms with Crippen LogP contribution in [0.5, 0.6) is 0 Å². The molecular formula is C4H7N3O. The molecule has 1 heterocycles. The topological polar surface area (TPSA) is 45.0 Å². The van der Waals surface area contributed by atoms with Crippen molar-refractivity contribution in [2.75, 3.05) is 6.54 Å². The molecule has 1 rings (SSSR count). The van der Waals surface area contributed by atoms with E-state index in [1.54, 1.807) is 0 Å². The van der Waals surface area contributed by atoms with Crippen LogP contribution in [0, 0.1) is 0 Å². The van der Waals surface area contributed by atoms with Gasteiger partial charge in [0.25, 0.3) is 0 Å². The maximum atomic E-state index is 9.99. The highest BCUT2D eigenvalue weighted by atomic mass is 16.1. The van der Waals surface area contributed by atoms with Crippen molar-refractivity contribution in [1.29, 1.82) is 0 Å². The number of hydrogen-bond acceptors (Lipinski definition) is 3. The van der Waals surface area contributed by atoms with Crippen LogP contribution in [-0.4, -0.2) is 24.0 Å². The molecule has 0 bridgehead atoms. The van der Waals surface area contributed by atoms with E-state index in [0.29, 0.717) is 13.0 Å². The second-order valence-corrected chi connectivity index (χ2v) is 1.75. The van der Waals surface area contributed by atoms with E-state index < -0.39 is 0 Å². The SMILES string of the molecule is CC1CN=NN1C=O. The molecule has 0 aromatic heterocycles. The molecule has 0 spiro atoms. The first-order valence-electron chi connectivity index (χ1n) is 2.45. The molecule has 8 heavy (non-hydrogen) atoms. The van der Waals surface area contributed by atoms with E-state index in [1.807, 2.05) is 6.92 Å². The molecule has 0 fully saturated rings. The minimum absolute atomic E-state index is 0.160. The molecule has 1 amide bonds. The third-order valence-corrected chi connectivity index (χ3v) is 1.07. The summed E-state index contributed by atoms with van der Waals surface area (Å²) in [7, 11) is 0. The zero-order valence-electron chi connectivity index (χ0n) is 4.61. The van der Waals surface area contributed by atoms with Gasteiger partial charge in [-0.15, -0.1) is 0 Å². The van der Waals surface area contributed by atoms with Gasteiger partial charge in [0.1, 0.15) is 0 Å². The summed E-state index contributed by atoms with van der Waals surface area (Å²) in [4.78, 5) is 9.99. The van der Waals surface area contributed by atoms with Gasteiger partial charge in [-0.1, -0.05) is 5.22 Å². The summed E-state index contributed by atoms with van der Waals surface area (Å²) in [5.41, 5.74) is 0. The molecule has 1 aliphatic rings. The fourth-order valence-corrected chi connectivity index (χ4v) is 0.524. The van der Waals surface area contributed by atoms with Gasteiger partial charge in [0, 0.05) is 0 Å². The summed E-state index contributed by atoms with van der Waals surface area (Å²) >= 11 is 0. The van der Waals surface area contributed by atoms with Crippen LogP contribution < -0.4 is 0 Å². The second kappa shape index (κ2) is 1.90. The summed E-state index contributed by atoms with van der Waals surface area (Å²) in [6.07, 6.45) is 0.682. The molecule has 0 aromatic rings. The van der Waals surface area contributed by atoms with Crippen molar-refractivity contribution in [3.63, 3.8) is 0 Å². The molecule has 0 N–H and O–H groups in total. The van der Waals surface area contributed by atoms with Crippen molar-refractivity contribution in [3.8, 4) is 0 Å². The van der Waals surface area contributed by atoms with Crippen molar-refractivity contribution < 1.29 is 4.79 Å². The average molecular weight is 113 g/mol. The quantitative estimate of drug-likeness (QED) is 0.448. The number of rotatable bonds is 1. The monoisotopic (exact) mass is 113 g/mol. The van der Waals surface area contributed by atoms with Crippen LogP contribution >= 0.6 is 0 Å². The summed E-state index contributed by atoms with van der Waals surface area (Å²) < 4.78 is 0. The molecule has 4 heteroatoms. The van der Waals surface area contributed by atoms with Crippen LogP contribution in [0.3, 0.4) is 0 Å². The predicted octanol–water partition coefficient (Wildman–Crippen LogP) is 0.214. The minimum Gasteiger partial charge on any atom is -0.277 e. The molecule has 1 aliphatic heterocycles. The summed E-state index contributed by atoms with van der Waals surface area (Å²) in [5, 5.41) is 8.47. The van der Waals surface area contributed by atoms with Crippen LogP contribution in [-0.2, 0) is 4.79 Å². The number of carbonyl (C=O) groups excluding carboxylic acids is 1. The van der Waals surface area contributed by atoms with E-state index >= 15 is 0 Å². The van der Waals surface area contributed by atoms with Crippen LogP contribution in [0.25, 0.3) is 0 Å². The fraction of sp³-hybridized carbons (Fsp3) is 0.750. The molecule has 0 radical (unpaired) electrons. The largest absolute Gasteiger partial charge is 0.277 e. The standard InChI is InChI=1S/C4H7N3O/c1-4-2-5-6-7(4)3-8/h3-4H,2H2,1H3. The van der Waals surface area contributed by atoms with Crippen LogP contribution in [0.1, 0.15) is 6.92 Å². The zero-order valence-corrected chi connectivity index (χ0v) is 4.61. The van der Waals surface area contributed by atoms with Crippen molar-refractivity contribution in [2.45, 2.75) is 13.0 Å². The van der Waals surface area contributed by atoms with Gasteiger partial charge in [0.05, 0.1) is 12.6 Å². The minimum atomic E-state index is 0.160. The predicted molar refractivity (Wildman–Crippen MR) is 27.1 cm³/mol. The number of hydrogen-bond donors (Lipinski definition) is 0. The molecule has 0 aliphatic carbocycles. The van der Waals surface area contributed by atoms with Crippen LogP contribution in [0.2, 0.25) is 0 Å². The molecule has 1 unspecified atom stereocenters. The Balaban J connectivity index is 2.52. The fourth-order valence-electron chi connectivity index (χ4n) is 0.524.